The summed E-state index contributed by atoms with van der Waals surface area (Å²) in [5.41, 5.74) is 1.87. The van der Waals surface area contributed by atoms with Gasteiger partial charge in [0, 0.05) is 17.4 Å². The van der Waals surface area contributed by atoms with Crippen LogP contribution in [0.1, 0.15) is 12.0 Å². The van der Waals surface area contributed by atoms with Crippen LogP contribution in [0, 0.1) is 0 Å². The van der Waals surface area contributed by atoms with Crippen molar-refractivity contribution in [3.8, 4) is 0 Å². The van der Waals surface area contributed by atoms with Crippen molar-refractivity contribution in [2.45, 2.75) is 6.42 Å². The fraction of sp³-hybridized carbons (Fsp3) is 0.182. The van der Waals surface area contributed by atoms with Gasteiger partial charge in [-0.05, 0) is 17.7 Å². The van der Waals surface area contributed by atoms with E-state index in [1.165, 1.54) is 0 Å². The predicted octanol–water partition coefficient (Wildman–Crippen LogP) is 3.05. The second-order valence-corrected chi connectivity index (χ2v) is 3.61. The van der Waals surface area contributed by atoms with Gasteiger partial charge < -0.3 is 5.32 Å². The Morgan fingerprint density at radius 2 is 2.07 bits per heavy atom. The van der Waals surface area contributed by atoms with E-state index in [2.05, 4.69) is 27.8 Å². The molecule has 0 saturated carbocycles. The molecule has 1 aromatic rings. The zero-order valence-corrected chi connectivity index (χ0v) is 9.38. The number of carbonyl (C=O) groups is 1. The molecule has 0 aromatic heterocycles. The predicted molar refractivity (Wildman–Crippen MR) is 63.6 cm³/mol. The third kappa shape index (κ3) is 3.34. The Morgan fingerprint density at radius 1 is 1.43 bits per heavy atom. The summed E-state index contributed by atoms with van der Waals surface area (Å²) in [7, 11) is 0. The Bertz CT molecular complexity index is 319. The summed E-state index contributed by atoms with van der Waals surface area (Å²) >= 11 is 3.21. The van der Waals surface area contributed by atoms with E-state index < -0.39 is 0 Å². The lowest BCUT2D eigenvalue weighted by Crippen LogP contribution is -2.11. The molecule has 1 aromatic carbocycles. The van der Waals surface area contributed by atoms with Crippen molar-refractivity contribution in [3.63, 3.8) is 0 Å². The Balaban J connectivity index is 2.59. The van der Waals surface area contributed by atoms with Gasteiger partial charge in [-0.1, -0.05) is 40.7 Å². The molecule has 74 valence electrons. The van der Waals surface area contributed by atoms with Gasteiger partial charge in [-0.3, -0.25) is 4.79 Å². The van der Waals surface area contributed by atoms with E-state index in [4.69, 9.17) is 0 Å². The first-order valence-corrected chi connectivity index (χ1v) is 5.46. The monoisotopic (exact) mass is 253 g/mol. The van der Waals surface area contributed by atoms with Crippen molar-refractivity contribution in [2.24, 2.45) is 0 Å². The van der Waals surface area contributed by atoms with Crippen LogP contribution < -0.4 is 5.32 Å². The van der Waals surface area contributed by atoms with Crippen molar-refractivity contribution < 1.29 is 4.79 Å². The van der Waals surface area contributed by atoms with E-state index in [1.807, 2.05) is 24.3 Å². The quantitative estimate of drug-likeness (QED) is 0.822. The maximum atomic E-state index is 11.2. The molecule has 0 bridgehead atoms. The van der Waals surface area contributed by atoms with Gasteiger partial charge >= 0.3 is 0 Å². The van der Waals surface area contributed by atoms with Crippen molar-refractivity contribution in [1.29, 1.82) is 0 Å². The third-order valence-corrected chi connectivity index (χ3v) is 2.15. The minimum Gasteiger partial charge on any atom is -0.326 e. The highest BCUT2D eigenvalue weighted by Crippen LogP contribution is 2.10. The first kappa shape index (κ1) is 11.0. The Labute approximate surface area is 92.1 Å². The summed E-state index contributed by atoms with van der Waals surface area (Å²) in [5, 5.41) is 3.48. The number of anilines is 1. The van der Waals surface area contributed by atoms with E-state index >= 15 is 0 Å². The summed E-state index contributed by atoms with van der Waals surface area (Å²) in [5.74, 6) is 0.0215. The zero-order valence-electron chi connectivity index (χ0n) is 7.79. The number of hydrogen-bond acceptors (Lipinski definition) is 1. The highest BCUT2D eigenvalue weighted by atomic mass is 79.9. The fourth-order valence-corrected chi connectivity index (χ4v) is 1.37. The van der Waals surface area contributed by atoms with Gasteiger partial charge in [0.05, 0.1) is 0 Å². The molecule has 1 rings (SSSR count). The van der Waals surface area contributed by atoms with Crippen molar-refractivity contribution in [2.75, 3.05) is 10.6 Å². The first-order valence-electron chi connectivity index (χ1n) is 4.34. The standard InChI is InChI=1S/C11H12BrNO/c1-2-9-3-5-10(6-4-9)13-11(14)7-8-12/h2-6H,1,7-8H2,(H,13,14). The number of benzene rings is 1. The number of halogens is 1. The molecule has 0 aliphatic heterocycles. The number of alkyl halides is 1. The number of nitrogens with one attached hydrogen (secondary N) is 1. The van der Waals surface area contributed by atoms with Crippen LogP contribution in [0.3, 0.4) is 0 Å². The van der Waals surface area contributed by atoms with E-state index in [1.54, 1.807) is 6.08 Å². The zero-order chi connectivity index (χ0) is 10.4. The molecular weight excluding hydrogens is 242 g/mol. The van der Waals surface area contributed by atoms with Crippen molar-refractivity contribution in [3.05, 3.63) is 36.4 Å². The molecular formula is C11H12BrNO. The second-order valence-electron chi connectivity index (χ2n) is 2.81. The Kier molecular flexibility index (Phi) is 4.40. The summed E-state index contributed by atoms with van der Waals surface area (Å²) in [6.07, 6.45) is 2.26. The molecule has 0 atom stereocenters. The molecule has 14 heavy (non-hydrogen) atoms. The normalized spacial score (nSPS) is 9.50. The maximum Gasteiger partial charge on any atom is 0.225 e. The van der Waals surface area contributed by atoms with Crippen molar-refractivity contribution in [1.82, 2.24) is 0 Å². The minimum absolute atomic E-state index is 0.0215. The van der Waals surface area contributed by atoms with Gasteiger partial charge in [0.25, 0.3) is 0 Å². The average molecular weight is 254 g/mol. The van der Waals surface area contributed by atoms with Gasteiger partial charge in [0.2, 0.25) is 5.91 Å². The summed E-state index contributed by atoms with van der Waals surface area (Å²) in [6, 6.07) is 7.56. The molecule has 0 aliphatic carbocycles. The first-order chi connectivity index (χ1) is 6.76. The van der Waals surface area contributed by atoms with Crippen LogP contribution in [0.4, 0.5) is 5.69 Å². The highest BCUT2D eigenvalue weighted by Gasteiger charge is 1.99. The maximum absolute atomic E-state index is 11.2. The molecule has 3 heteroatoms. The van der Waals surface area contributed by atoms with Crippen LogP contribution in [0.15, 0.2) is 30.8 Å². The molecule has 1 amide bonds. The molecule has 0 spiro atoms. The molecule has 0 radical (unpaired) electrons. The molecule has 2 nitrogen and oxygen atoms in total. The van der Waals surface area contributed by atoms with Gasteiger partial charge in [-0.25, -0.2) is 0 Å². The third-order valence-electron chi connectivity index (χ3n) is 1.75. The van der Waals surface area contributed by atoms with E-state index in [0.717, 1.165) is 11.3 Å². The number of hydrogen-bond donors (Lipinski definition) is 1. The van der Waals surface area contributed by atoms with Crippen LogP contribution in [0.5, 0.6) is 0 Å². The molecule has 0 fully saturated rings. The SMILES string of the molecule is C=Cc1ccc(NC(=O)CCBr)cc1. The van der Waals surface area contributed by atoms with Crippen LogP contribution in [-0.2, 0) is 4.79 Å². The van der Waals surface area contributed by atoms with E-state index in [-0.39, 0.29) is 5.91 Å². The number of amides is 1. The number of rotatable bonds is 4. The minimum atomic E-state index is 0.0215. The molecule has 0 saturated heterocycles. The average Bonchev–Trinajstić information content (AvgIpc) is 2.19. The molecule has 1 N–H and O–H groups in total. The summed E-state index contributed by atoms with van der Waals surface area (Å²) < 4.78 is 0. The summed E-state index contributed by atoms with van der Waals surface area (Å²) in [4.78, 5) is 11.2. The van der Waals surface area contributed by atoms with Crippen LogP contribution in [0.2, 0.25) is 0 Å². The fourth-order valence-electron chi connectivity index (χ4n) is 1.01. The lowest BCUT2D eigenvalue weighted by molar-refractivity contribution is -0.115. The van der Waals surface area contributed by atoms with Crippen LogP contribution in [0.25, 0.3) is 6.08 Å². The topological polar surface area (TPSA) is 29.1 Å². The smallest absolute Gasteiger partial charge is 0.225 e. The molecule has 0 heterocycles. The van der Waals surface area contributed by atoms with E-state index in [0.29, 0.717) is 11.8 Å². The lowest BCUT2D eigenvalue weighted by Gasteiger charge is -2.03. The largest absolute Gasteiger partial charge is 0.326 e. The number of carbonyl (C=O) groups excluding carboxylic acids is 1. The lowest BCUT2D eigenvalue weighted by atomic mass is 10.2. The van der Waals surface area contributed by atoms with Gasteiger partial charge in [-0.15, -0.1) is 0 Å². The van der Waals surface area contributed by atoms with Crippen molar-refractivity contribution >= 4 is 33.6 Å². The van der Waals surface area contributed by atoms with Gasteiger partial charge in [0.1, 0.15) is 0 Å². The molecule has 0 unspecified atom stereocenters. The van der Waals surface area contributed by atoms with Gasteiger partial charge in [0.15, 0.2) is 0 Å². The molecule has 0 aliphatic rings. The second kappa shape index (κ2) is 5.60. The highest BCUT2D eigenvalue weighted by molar-refractivity contribution is 9.09. The Morgan fingerprint density at radius 3 is 2.57 bits per heavy atom. The van der Waals surface area contributed by atoms with Crippen LogP contribution >= 0.6 is 15.9 Å². The Hall–Kier alpha value is -1.09. The summed E-state index contributed by atoms with van der Waals surface area (Å²) in [6.45, 7) is 3.66. The van der Waals surface area contributed by atoms with Crippen LogP contribution in [-0.4, -0.2) is 11.2 Å². The van der Waals surface area contributed by atoms with E-state index in [9.17, 15) is 4.79 Å². The van der Waals surface area contributed by atoms with Gasteiger partial charge in [-0.2, -0.15) is 0 Å².